The minimum Gasteiger partial charge on any atom is -0.319 e. The number of likely N-dealkylation sites (tertiary alicyclic amines) is 1. The molecule has 2 aromatic rings. The van der Waals surface area contributed by atoms with Crippen molar-refractivity contribution in [3.63, 3.8) is 0 Å². The minimum absolute atomic E-state index is 0.839. The molecule has 0 spiro atoms. The zero-order valence-corrected chi connectivity index (χ0v) is 14.5. The molecular weight excluding hydrogens is 284 g/mol. The van der Waals surface area contributed by atoms with Gasteiger partial charge in [-0.15, -0.1) is 0 Å². The lowest BCUT2D eigenvalue weighted by molar-refractivity contribution is 0.177. The molecule has 0 saturated carbocycles. The van der Waals surface area contributed by atoms with Crippen LogP contribution in [0.5, 0.6) is 0 Å². The Bertz CT molecular complexity index is 639. The van der Waals surface area contributed by atoms with Gasteiger partial charge >= 0.3 is 0 Å². The highest BCUT2D eigenvalue weighted by atomic mass is 15.3. The van der Waals surface area contributed by atoms with Gasteiger partial charge in [0.1, 0.15) is 0 Å². The molecule has 1 aliphatic heterocycles. The standard InChI is InChI=1S/C19H28N4/c1-15-4-5-17(18(12-15)19-6-9-21-22(19)3)14-23-10-7-16(8-11-23)13-20-2/h4-6,9,12,16,20H,7-8,10-11,13-14H2,1-3H3. The van der Waals surface area contributed by atoms with Gasteiger partial charge in [0, 0.05) is 25.4 Å². The number of hydrogen-bond donors (Lipinski definition) is 1. The zero-order valence-electron chi connectivity index (χ0n) is 14.5. The fraction of sp³-hybridized carbons (Fsp3) is 0.526. The monoisotopic (exact) mass is 312 g/mol. The van der Waals surface area contributed by atoms with Gasteiger partial charge in [-0.2, -0.15) is 5.10 Å². The van der Waals surface area contributed by atoms with Crippen LogP contribution in [0.15, 0.2) is 30.5 Å². The van der Waals surface area contributed by atoms with E-state index in [-0.39, 0.29) is 0 Å². The van der Waals surface area contributed by atoms with Crippen LogP contribution >= 0.6 is 0 Å². The summed E-state index contributed by atoms with van der Waals surface area (Å²) in [6.07, 6.45) is 4.48. The number of piperidine rings is 1. The summed E-state index contributed by atoms with van der Waals surface area (Å²) in [6, 6.07) is 8.91. The third-order valence-corrected chi connectivity index (χ3v) is 4.96. The largest absolute Gasteiger partial charge is 0.319 e. The second kappa shape index (κ2) is 7.28. The lowest BCUT2D eigenvalue weighted by atomic mass is 9.95. The van der Waals surface area contributed by atoms with Crippen LogP contribution in [0, 0.1) is 12.8 Å². The van der Waals surface area contributed by atoms with Crippen molar-refractivity contribution >= 4 is 0 Å². The molecule has 0 unspecified atom stereocenters. The smallest absolute Gasteiger partial charge is 0.0682 e. The second-order valence-electron chi connectivity index (χ2n) is 6.78. The van der Waals surface area contributed by atoms with E-state index >= 15 is 0 Å². The van der Waals surface area contributed by atoms with Crippen molar-refractivity contribution in [3.05, 3.63) is 41.6 Å². The molecule has 2 heterocycles. The van der Waals surface area contributed by atoms with Crippen LogP contribution < -0.4 is 5.32 Å². The topological polar surface area (TPSA) is 33.1 Å². The fourth-order valence-corrected chi connectivity index (χ4v) is 3.58. The predicted octanol–water partition coefficient (Wildman–Crippen LogP) is 2.83. The van der Waals surface area contributed by atoms with Crippen molar-refractivity contribution in [2.75, 3.05) is 26.7 Å². The van der Waals surface area contributed by atoms with Crippen LogP contribution in [0.4, 0.5) is 0 Å². The van der Waals surface area contributed by atoms with E-state index in [4.69, 9.17) is 0 Å². The van der Waals surface area contributed by atoms with E-state index in [0.29, 0.717) is 0 Å². The van der Waals surface area contributed by atoms with Gasteiger partial charge in [-0.3, -0.25) is 9.58 Å². The van der Waals surface area contributed by atoms with Gasteiger partial charge < -0.3 is 5.32 Å². The Kier molecular flexibility index (Phi) is 5.13. The van der Waals surface area contributed by atoms with Gasteiger partial charge in [0.2, 0.25) is 0 Å². The van der Waals surface area contributed by atoms with Crippen molar-refractivity contribution < 1.29 is 0 Å². The summed E-state index contributed by atoms with van der Waals surface area (Å²) in [4.78, 5) is 2.59. The molecule has 1 saturated heterocycles. The summed E-state index contributed by atoms with van der Waals surface area (Å²) < 4.78 is 1.97. The van der Waals surface area contributed by atoms with Crippen molar-refractivity contribution in [2.45, 2.75) is 26.3 Å². The maximum atomic E-state index is 4.34. The Hall–Kier alpha value is -1.65. The van der Waals surface area contributed by atoms with Crippen LogP contribution in [-0.2, 0) is 13.6 Å². The highest BCUT2D eigenvalue weighted by Gasteiger charge is 2.20. The molecule has 3 rings (SSSR count). The number of aromatic nitrogens is 2. The van der Waals surface area contributed by atoms with Gasteiger partial charge in [0.05, 0.1) is 5.69 Å². The number of benzene rings is 1. The molecule has 4 nitrogen and oxygen atoms in total. The maximum absolute atomic E-state index is 4.34. The number of aryl methyl sites for hydroxylation is 2. The molecule has 0 amide bonds. The van der Waals surface area contributed by atoms with Crippen LogP contribution in [-0.4, -0.2) is 41.4 Å². The molecule has 0 atom stereocenters. The quantitative estimate of drug-likeness (QED) is 0.921. The summed E-state index contributed by atoms with van der Waals surface area (Å²) >= 11 is 0. The molecule has 124 valence electrons. The lowest BCUT2D eigenvalue weighted by Gasteiger charge is -2.32. The van der Waals surface area contributed by atoms with E-state index in [1.807, 2.05) is 17.9 Å². The molecule has 1 fully saturated rings. The molecule has 4 heteroatoms. The van der Waals surface area contributed by atoms with E-state index in [1.54, 1.807) is 0 Å². The first kappa shape index (κ1) is 16.2. The van der Waals surface area contributed by atoms with Gasteiger partial charge in [-0.05, 0) is 70.1 Å². The number of hydrogen-bond acceptors (Lipinski definition) is 3. The van der Waals surface area contributed by atoms with E-state index in [2.05, 4.69) is 53.6 Å². The van der Waals surface area contributed by atoms with Crippen molar-refractivity contribution in [3.8, 4) is 11.3 Å². The Balaban J connectivity index is 1.75. The summed E-state index contributed by atoms with van der Waals surface area (Å²) in [5.41, 5.74) is 5.24. The normalized spacial score (nSPS) is 16.8. The van der Waals surface area contributed by atoms with Gasteiger partial charge in [-0.1, -0.05) is 17.7 Å². The van der Waals surface area contributed by atoms with E-state index in [9.17, 15) is 0 Å². The number of nitrogens with zero attached hydrogens (tertiary/aromatic N) is 3. The van der Waals surface area contributed by atoms with Gasteiger partial charge in [-0.25, -0.2) is 0 Å². The summed E-state index contributed by atoms with van der Waals surface area (Å²) in [7, 11) is 4.07. The van der Waals surface area contributed by atoms with Crippen LogP contribution in [0.1, 0.15) is 24.0 Å². The first-order valence-electron chi connectivity index (χ1n) is 8.62. The van der Waals surface area contributed by atoms with Crippen LogP contribution in [0.3, 0.4) is 0 Å². The average Bonchev–Trinajstić information content (AvgIpc) is 2.97. The maximum Gasteiger partial charge on any atom is 0.0682 e. The van der Waals surface area contributed by atoms with Gasteiger partial charge in [0.25, 0.3) is 0 Å². The molecule has 1 aromatic carbocycles. The van der Waals surface area contributed by atoms with Crippen molar-refractivity contribution in [1.82, 2.24) is 20.0 Å². The van der Waals surface area contributed by atoms with E-state index < -0.39 is 0 Å². The minimum atomic E-state index is 0.839. The molecular formula is C19H28N4. The average molecular weight is 312 g/mol. The third kappa shape index (κ3) is 3.82. The predicted molar refractivity (Wildman–Crippen MR) is 95.3 cm³/mol. The summed E-state index contributed by atoms with van der Waals surface area (Å²) in [6.45, 7) is 6.74. The number of nitrogens with one attached hydrogen (secondary N) is 1. The first-order chi connectivity index (χ1) is 11.2. The highest BCUT2D eigenvalue weighted by Crippen LogP contribution is 2.27. The zero-order chi connectivity index (χ0) is 16.2. The van der Waals surface area contributed by atoms with Gasteiger partial charge in [0.15, 0.2) is 0 Å². The van der Waals surface area contributed by atoms with E-state index in [1.165, 1.54) is 48.3 Å². The molecule has 1 aliphatic rings. The third-order valence-electron chi connectivity index (χ3n) is 4.96. The molecule has 0 bridgehead atoms. The Morgan fingerprint density at radius 2 is 2.00 bits per heavy atom. The Labute approximate surface area is 139 Å². The SMILES string of the molecule is CNCC1CCN(Cc2ccc(C)cc2-c2ccnn2C)CC1. The van der Waals surface area contributed by atoms with Crippen molar-refractivity contribution in [1.29, 1.82) is 0 Å². The summed E-state index contributed by atoms with van der Waals surface area (Å²) in [5, 5.41) is 7.65. The molecule has 1 N–H and O–H groups in total. The molecule has 1 aromatic heterocycles. The lowest BCUT2D eigenvalue weighted by Crippen LogP contribution is -2.36. The highest BCUT2D eigenvalue weighted by molar-refractivity contribution is 5.64. The van der Waals surface area contributed by atoms with E-state index in [0.717, 1.165) is 19.0 Å². The Morgan fingerprint density at radius 3 is 2.65 bits per heavy atom. The molecule has 0 aliphatic carbocycles. The van der Waals surface area contributed by atoms with Crippen LogP contribution in [0.2, 0.25) is 0 Å². The van der Waals surface area contributed by atoms with Crippen molar-refractivity contribution in [2.24, 2.45) is 13.0 Å². The number of rotatable bonds is 5. The Morgan fingerprint density at radius 1 is 1.22 bits per heavy atom. The fourth-order valence-electron chi connectivity index (χ4n) is 3.58. The summed E-state index contributed by atoms with van der Waals surface area (Å²) in [5.74, 6) is 0.839. The second-order valence-corrected chi connectivity index (χ2v) is 6.78. The van der Waals surface area contributed by atoms with Crippen LogP contribution in [0.25, 0.3) is 11.3 Å². The first-order valence-corrected chi connectivity index (χ1v) is 8.62. The molecule has 0 radical (unpaired) electrons. The molecule has 23 heavy (non-hydrogen) atoms.